The van der Waals surface area contributed by atoms with E-state index in [0.717, 1.165) is 38.9 Å². The lowest BCUT2D eigenvalue weighted by Gasteiger charge is -2.36. The standard InChI is InChI=1S/C22H28N2O3S/c1-13-14(2)16(4)21(17(5)15(13)3)28(26,27)24-12-19-10-8-7-9-18(19)11-20(24)22(25)23-6/h7-10,20H,11-12H2,1-6H3,(H,23,25)/t20-/m1/s1. The number of fused-ring (bicyclic) bond motifs is 1. The minimum Gasteiger partial charge on any atom is -0.358 e. The van der Waals surface area contributed by atoms with E-state index in [2.05, 4.69) is 5.32 Å². The fourth-order valence-electron chi connectivity index (χ4n) is 4.11. The number of amides is 1. The molecule has 0 spiro atoms. The van der Waals surface area contributed by atoms with Gasteiger partial charge in [0.25, 0.3) is 0 Å². The Kier molecular flexibility index (Phi) is 5.38. The van der Waals surface area contributed by atoms with Gasteiger partial charge in [-0.3, -0.25) is 4.79 Å². The second-order valence-corrected chi connectivity index (χ2v) is 9.43. The van der Waals surface area contributed by atoms with Crippen LogP contribution in [0.15, 0.2) is 29.2 Å². The summed E-state index contributed by atoms with van der Waals surface area (Å²) in [5.74, 6) is -0.283. The molecule has 0 aromatic heterocycles. The number of benzene rings is 2. The van der Waals surface area contributed by atoms with Crippen LogP contribution in [-0.4, -0.2) is 31.7 Å². The van der Waals surface area contributed by atoms with Gasteiger partial charge in [0, 0.05) is 13.6 Å². The van der Waals surface area contributed by atoms with Crippen molar-refractivity contribution in [3.05, 3.63) is 63.2 Å². The van der Waals surface area contributed by atoms with Gasteiger partial charge >= 0.3 is 0 Å². The average molecular weight is 401 g/mol. The number of likely N-dealkylation sites (N-methyl/N-ethyl adjacent to an activating group) is 1. The van der Waals surface area contributed by atoms with Crippen LogP contribution in [0.3, 0.4) is 0 Å². The number of carbonyl (C=O) groups excluding carboxylic acids is 1. The highest BCUT2D eigenvalue weighted by atomic mass is 32.2. The second-order valence-electron chi connectivity index (χ2n) is 7.61. The average Bonchev–Trinajstić information content (AvgIpc) is 2.69. The summed E-state index contributed by atoms with van der Waals surface area (Å²) in [6.45, 7) is 9.84. The van der Waals surface area contributed by atoms with Crippen molar-refractivity contribution in [3.8, 4) is 0 Å². The molecule has 28 heavy (non-hydrogen) atoms. The SMILES string of the molecule is CNC(=O)[C@H]1Cc2ccccc2CN1S(=O)(=O)c1c(C)c(C)c(C)c(C)c1C. The molecule has 1 amide bonds. The number of carbonyl (C=O) groups is 1. The first kappa shape index (κ1) is 20.6. The summed E-state index contributed by atoms with van der Waals surface area (Å²) in [6.07, 6.45) is 0.372. The van der Waals surface area contributed by atoms with Crippen molar-refractivity contribution in [1.29, 1.82) is 0 Å². The maximum absolute atomic E-state index is 13.8. The van der Waals surface area contributed by atoms with E-state index in [0.29, 0.717) is 11.3 Å². The molecular formula is C22H28N2O3S. The van der Waals surface area contributed by atoms with E-state index in [1.807, 2.05) is 58.9 Å². The monoisotopic (exact) mass is 400 g/mol. The van der Waals surface area contributed by atoms with Gasteiger partial charge in [-0.05, 0) is 80.0 Å². The van der Waals surface area contributed by atoms with Crippen LogP contribution >= 0.6 is 0 Å². The lowest BCUT2D eigenvalue weighted by molar-refractivity contribution is -0.124. The van der Waals surface area contributed by atoms with Crippen LogP contribution < -0.4 is 5.32 Å². The Balaban J connectivity index is 2.22. The molecular weight excluding hydrogens is 372 g/mol. The summed E-state index contributed by atoms with van der Waals surface area (Å²) in [6, 6.07) is 6.96. The Bertz CT molecular complexity index is 1030. The molecule has 0 bridgehead atoms. The van der Waals surface area contributed by atoms with Crippen LogP contribution in [0.4, 0.5) is 0 Å². The van der Waals surface area contributed by atoms with E-state index in [4.69, 9.17) is 0 Å². The number of hydrogen-bond donors (Lipinski definition) is 1. The topological polar surface area (TPSA) is 66.5 Å². The largest absolute Gasteiger partial charge is 0.358 e. The normalized spacial score (nSPS) is 17.3. The van der Waals surface area contributed by atoms with Crippen LogP contribution in [0.25, 0.3) is 0 Å². The molecule has 5 nitrogen and oxygen atoms in total. The molecule has 1 atom stereocenters. The van der Waals surface area contributed by atoms with Gasteiger partial charge in [-0.2, -0.15) is 4.31 Å². The highest BCUT2D eigenvalue weighted by molar-refractivity contribution is 7.89. The van der Waals surface area contributed by atoms with Crippen molar-refractivity contribution in [1.82, 2.24) is 9.62 Å². The summed E-state index contributed by atoms with van der Waals surface area (Å²) in [5.41, 5.74) is 6.56. The first-order valence-electron chi connectivity index (χ1n) is 9.48. The number of sulfonamides is 1. The highest BCUT2D eigenvalue weighted by Crippen LogP contribution is 2.35. The predicted molar refractivity (Wildman–Crippen MR) is 111 cm³/mol. The van der Waals surface area contributed by atoms with Crippen molar-refractivity contribution < 1.29 is 13.2 Å². The fourth-order valence-corrected chi connectivity index (χ4v) is 6.24. The van der Waals surface area contributed by atoms with Crippen molar-refractivity contribution in [2.24, 2.45) is 0 Å². The summed E-state index contributed by atoms with van der Waals surface area (Å²) >= 11 is 0. The van der Waals surface area contributed by atoms with E-state index in [1.165, 1.54) is 4.31 Å². The van der Waals surface area contributed by atoms with E-state index in [1.54, 1.807) is 7.05 Å². The van der Waals surface area contributed by atoms with Gasteiger partial charge in [-0.15, -0.1) is 0 Å². The smallest absolute Gasteiger partial charge is 0.244 e. The maximum Gasteiger partial charge on any atom is 0.244 e. The van der Waals surface area contributed by atoms with E-state index in [9.17, 15) is 13.2 Å². The van der Waals surface area contributed by atoms with E-state index >= 15 is 0 Å². The molecule has 1 aliphatic rings. The Morgan fingerprint density at radius 3 is 1.96 bits per heavy atom. The van der Waals surface area contributed by atoms with Gasteiger partial charge in [0.05, 0.1) is 4.90 Å². The lowest BCUT2D eigenvalue weighted by Crippen LogP contribution is -2.52. The molecule has 2 aromatic rings. The van der Waals surface area contributed by atoms with Crippen molar-refractivity contribution in [2.45, 2.75) is 58.5 Å². The van der Waals surface area contributed by atoms with Gasteiger partial charge in [-0.1, -0.05) is 24.3 Å². The molecule has 150 valence electrons. The number of nitrogens with one attached hydrogen (secondary N) is 1. The predicted octanol–water partition coefficient (Wildman–Crippen LogP) is 3.09. The number of rotatable bonds is 3. The molecule has 0 fully saturated rings. The molecule has 0 saturated carbocycles. The fraction of sp³-hybridized carbons (Fsp3) is 0.409. The Morgan fingerprint density at radius 2 is 1.43 bits per heavy atom. The van der Waals surface area contributed by atoms with Crippen molar-refractivity contribution >= 4 is 15.9 Å². The first-order chi connectivity index (χ1) is 13.1. The third kappa shape index (κ3) is 3.14. The molecule has 6 heteroatoms. The zero-order valence-corrected chi connectivity index (χ0v) is 18.2. The third-order valence-electron chi connectivity index (χ3n) is 6.25. The zero-order valence-electron chi connectivity index (χ0n) is 17.4. The second kappa shape index (κ2) is 7.33. The molecule has 2 aromatic carbocycles. The molecule has 1 heterocycles. The molecule has 0 radical (unpaired) electrons. The maximum atomic E-state index is 13.8. The van der Waals surface area contributed by atoms with Crippen LogP contribution in [0.5, 0.6) is 0 Å². The van der Waals surface area contributed by atoms with E-state index in [-0.39, 0.29) is 12.5 Å². The summed E-state index contributed by atoms with van der Waals surface area (Å²) in [4.78, 5) is 12.9. The molecule has 1 aliphatic heterocycles. The van der Waals surface area contributed by atoms with Gasteiger partial charge < -0.3 is 5.32 Å². The highest BCUT2D eigenvalue weighted by Gasteiger charge is 2.40. The molecule has 0 saturated heterocycles. The Labute approximate surface area is 167 Å². The minimum atomic E-state index is -3.86. The van der Waals surface area contributed by atoms with Gasteiger partial charge in [-0.25, -0.2) is 8.42 Å². The lowest BCUT2D eigenvalue weighted by atomic mass is 9.95. The van der Waals surface area contributed by atoms with Crippen LogP contribution in [0, 0.1) is 34.6 Å². The first-order valence-corrected chi connectivity index (χ1v) is 10.9. The zero-order chi connectivity index (χ0) is 20.8. The van der Waals surface area contributed by atoms with Gasteiger partial charge in [0.2, 0.25) is 15.9 Å². The quantitative estimate of drug-likeness (QED) is 0.861. The molecule has 3 rings (SSSR count). The summed E-state index contributed by atoms with van der Waals surface area (Å²) in [7, 11) is -2.31. The Morgan fingerprint density at radius 1 is 0.929 bits per heavy atom. The van der Waals surface area contributed by atoms with Crippen molar-refractivity contribution in [3.63, 3.8) is 0 Å². The van der Waals surface area contributed by atoms with Gasteiger partial charge in [0.1, 0.15) is 6.04 Å². The van der Waals surface area contributed by atoms with Crippen molar-refractivity contribution in [2.75, 3.05) is 7.05 Å². The minimum absolute atomic E-state index is 0.196. The van der Waals surface area contributed by atoms with Crippen LogP contribution in [0.2, 0.25) is 0 Å². The van der Waals surface area contributed by atoms with Crippen LogP contribution in [-0.2, 0) is 27.8 Å². The number of nitrogens with zero attached hydrogens (tertiary/aromatic N) is 1. The van der Waals surface area contributed by atoms with Gasteiger partial charge in [0.15, 0.2) is 0 Å². The van der Waals surface area contributed by atoms with E-state index < -0.39 is 16.1 Å². The molecule has 0 aliphatic carbocycles. The molecule has 0 unspecified atom stereocenters. The van der Waals surface area contributed by atoms with Crippen LogP contribution in [0.1, 0.15) is 38.9 Å². The Hall–Kier alpha value is -2.18. The number of hydrogen-bond acceptors (Lipinski definition) is 3. The molecule has 1 N–H and O–H groups in total. The summed E-state index contributed by atoms with van der Waals surface area (Å²) < 4.78 is 29.0. The summed E-state index contributed by atoms with van der Waals surface area (Å²) in [5, 5.41) is 2.64. The third-order valence-corrected chi connectivity index (χ3v) is 8.38.